The van der Waals surface area contributed by atoms with Crippen molar-refractivity contribution in [2.75, 3.05) is 27.3 Å². The zero-order valence-electron chi connectivity index (χ0n) is 16.7. The molecule has 0 fully saturated rings. The van der Waals surface area contributed by atoms with Crippen molar-refractivity contribution in [2.24, 2.45) is 5.92 Å². The van der Waals surface area contributed by atoms with Crippen LogP contribution in [-0.2, 0) is 25.6 Å². The third kappa shape index (κ3) is 5.20. The van der Waals surface area contributed by atoms with Crippen molar-refractivity contribution in [2.45, 2.75) is 27.3 Å². The van der Waals surface area contributed by atoms with Crippen molar-refractivity contribution < 1.29 is 19.1 Å². The van der Waals surface area contributed by atoms with Crippen molar-refractivity contribution in [1.82, 2.24) is 10.2 Å². The van der Waals surface area contributed by atoms with Crippen molar-refractivity contribution in [1.29, 1.82) is 0 Å². The largest absolute Gasteiger partial charge is 0.466 e. The Bertz CT molecular complexity index is 753. The van der Waals surface area contributed by atoms with Gasteiger partial charge in [0.1, 0.15) is 6.61 Å². The highest BCUT2D eigenvalue weighted by Crippen LogP contribution is 2.30. The summed E-state index contributed by atoms with van der Waals surface area (Å²) >= 11 is 0. The molecule has 1 aromatic carbocycles. The van der Waals surface area contributed by atoms with Crippen LogP contribution in [0.4, 0.5) is 0 Å². The lowest BCUT2D eigenvalue weighted by Crippen LogP contribution is -2.33. The molecule has 1 aliphatic rings. The number of benzene rings is 1. The molecule has 0 radical (unpaired) electrons. The van der Waals surface area contributed by atoms with E-state index < -0.39 is 11.9 Å². The normalized spacial score (nSPS) is 17.0. The van der Waals surface area contributed by atoms with Crippen LogP contribution in [0.2, 0.25) is 0 Å². The molecule has 0 spiro atoms. The number of methoxy groups -OCH3 is 1. The molecule has 1 aromatic rings. The summed E-state index contributed by atoms with van der Waals surface area (Å²) in [6.07, 6.45) is 0. The van der Waals surface area contributed by atoms with Gasteiger partial charge in [0, 0.05) is 30.4 Å². The number of hydrogen-bond acceptors (Lipinski definition) is 6. The molecule has 6 nitrogen and oxygen atoms in total. The number of likely N-dealkylation sites (N-methyl/N-ethyl adjacent to an activating group) is 1. The predicted molar refractivity (Wildman–Crippen MR) is 103 cm³/mol. The molecule has 146 valence electrons. The highest BCUT2D eigenvalue weighted by atomic mass is 16.5. The molecule has 1 atom stereocenters. The maximum Gasteiger partial charge on any atom is 0.336 e. The van der Waals surface area contributed by atoms with E-state index in [1.54, 1.807) is 6.92 Å². The lowest BCUT2D eigenvalue weighted by atomic mass is 9.87. The number of carbonyl (C=O) groups is 2. The number of ether oxygens (including phenoxy) is 2. The quantitative estimate of drug-likeness (QED) is 0.742. The summed E-state index contributed by atoms with van der Waals surface area (Å²) in [6, 6.07) is 10.1. The minimum Gasteiger partial charge on any atom is -0.466 e. The average Bonchev–Trinajstić information content (AvgIpc) is 2.61. The Hall–Kier alpha value is -2.60. The Balaban J connectivity index is 1.93. The van der Waals surface area contributed by atoms with Crippen LogP contribution in [0.5, 0.6) is 0 Å². The van der Waals surface area contributed by atoms with Crippen LogP contribution in [-0.4, -0.2) is 44.1 Å². The topological polar surface area (TPSA) is 67.9 Å². The van der Waals surface area contributed by atoms with E-state index in [0.717, 1.165) is 6.54 Å². The number of nitrogens with one attached hydrogen (secondary N) is 1. The van der Waals surface area contributed by atoms with Crippen LogP contribution >= 0.6 is 0 Å². The predicted octanol–water partition coefficient (Wildman–Crippen LogP) is 2.62. The molecule has 1 aliphatic heterocycles. The fourth-order valence-electron chi connectivity index (χ4n) is 3.33. The van der Waals surface area contributed by atoms with Gasteiger partial charge in [-0.2, -0.15) is 0 Å². The second-order valence-electron chi connectivity index (χ2n) is 6.77. The molecule has 0 amide bonds. The molecular weight excluding hydrogens is 344 g/mol. The lowest BCUT2D eigenvalue weighted by molar-refractivity contribution is -0.140. The summed E-state index contributed by atoms with van der Waals surface area (Å²) in [6.45, 7) is 7.11. The van der Waals surface area contributed by atoms with Crippen LogP contribution in [0.3, 0.4) is 0 Å². The molecule has 27 heavy (non-hydrogen) atoms. The standard InChI is InChI=1S/C21H28N2O4/c1-14-18(20(24)26-5)15(2)22-16(3)19(14)21(25)27-12-11-23(4)13-17-9-7-6-8-10-17/h6-10,14,22H,11-13H2,1-5H3. The number of esters is 2. The highest BCUT2D eigenvalue weighted by Gasteiger charge is 2.33. The Kier molecular flexibility index (Phi) is 7.19. The zero-order valence-corrected chi connectivity index (χ0v) is 16.7. The molecule has 0 bridgehead atoms. The van der Waals surface area contributed by atoms with Crippen molar-refractivity contribution in [3.8, 4) is 0 Å². The molecule has 2 rings (SSSR count). The fraction of sp³-hybridized carbons (Fsp3) is 0.429. The minimum absolute atomic E-state index is 0.280. The molecule has 0 aromatic heterocycles. The molecule has 0 saturated heterocycles. The first-order chi connectivity index (χ1) is 12.8. The molecule has 0 saturated carbocycles. The number of nitrogens with zero attached hydrogens (tertiary/aromatic N) is 1. The van der Waals surface area contributed by atoms with Crippen LogP contribution in [0.15, 0.2) is 52.9 Å². The molecule has 6 heteroatoms. The van der Waals surface area contributed by atoms with Gasteiger partial charge >= 0.3 is 11.9 Å². The van der Waals surface area contributed by atoms with Gasteiger partial charge in [0.25, 0.3) is 0 Å². The number of allylic oxidation sites excluding steroid dienone is 2. The summed E-state index contributed by atoms with van der Waals surface area (Å²) < 4.78 is 10.3. The average molecular weight is 372 g/mol. The SMILES string of the molecule is COC(=O)C1=C(C)NC(C)=C(C(=O)OCCN(C)Cc2ccccc2)C1C. The van der Waals surface area contributed by atoms with E-state index in [1.807, 2.05) is 39.1 Å². The smallest absolute Gasteiger partial charge is 0.336 e. The Labute approximate surface area is 160 Å². The van der Waals surface area contributed by atoms with Crippen LogP contribution in [0.1, 0.15) is 26.3 Å². The van der Waals surface area contributed by atoms with Gasteiger partial charge in [-0.05, 0) is 26.5 Å². The van der Waals surface area contributed by atoms with Crippen LogP contribution < -0.4 is 5.32 Å². The molecule has 1 unspecified atom stereocenters. The minimum atomic E-state index is -0.437. The highest BCUT2D eigenvalue weighted by molar-refractivity contribution is 5.97. The lowest BCUT2D eigenvalue weighted by Gasteiger charge is -2.27. The Morgan fingerprint density at radius 2 is 1.67 bits per heavy atom. The number of rotatable bonds is 7. The third-order valence-corrected chi connectivity index (χ3v) is 4.68. The van der Waals surface area contributed by atoms with Gasteiger partial charge < -0.3 is 14.8 Å². The maximum absolute atomic E-state index is 12.6. The second kappa shape index (κ2) is 9.37. The molecule has 0 aliphatic carbocycles. The summed E-state index contributed by atoms with van der Waals surface area (Å²) in [5.74, 6) is -1.23. The van der Waals surface area contributed by atoms with E-state index in [0.29, 0.717) is 29.1 Å². The fourth-order valence-corrected chi connectivity index (χ4v) is 3.33. The van der Waals surface area contributed by atoms with E-state index in [2.05, 4.69) is 22.3 Å². The van der Waals surface area contributed by atoms with Gasteiger partial charge in [-0.15, -0.1) is 0 Å². The van der Waals surface area contributed by atoms with Crippen molar-refractivity contribution in [3.63, 3.8) is 0 Å². The monoisotopic (exact) mass is 372 g/mol. The zero-order chi connectivity index (χ0) is 20.0. The van der Waals surface area contributed by atoms with Crippen molar-refractivity contribution >= 4 is 11.9 Å². The third-order valence-electron chi connectivity index (χ3n) is 4.68. The van der Waals surface area contributed by atoms with Gasteiger partial charge in [-0.3, -0.25) is 4.90 Å². The van der Waals surface area contributed by atoms with E-state index in [4.69, 9.17) is 9.47 Å². The Morgan fingerprint density at radius 1 is 1.07 bits per heavy atom. The van der Waals surface area contributed by atoms with E-state index in [1.165, 1.54) is 12.7 Å². The summed E-state index contributed by atoms with van der Waals surface area (Å²) in [5.41, 5.74) is 3.53. The Morgan fingerprint density at radius 3 is 2.26 bits per heavy atom. The van der Waals surface area contributed by atoms with Gasteiger partial charge in [-0.1, -0.05) is 37.3 Å². The first kappa shape index (κ1) is 20.7. The van der Waals surface area contributed by atoms with E-state index in [-0.39, 0.29) is 12.5 Å². The van der Waals surface area contributed by atoms with Crippen molar-refractivity contribution in [3.05, 3.63) is 58.4 Å². The van der Waals surface area contributed by atoms with Crippen LogP contribution in [0, 0.1) is 5.92 Å². The van der Waals surface area contributed by atoms with E-state index in [9.17, 15) is 9.59 Å². The summed E-state index contributed by atoms with van der Waals surface area (Å²) in [4.78, 5) is 26.7. The van der Waals surface area contributed by atoms with E-state index >= 15 is 0 Å². The summed E-state index contributed by atoms with van der Waals surface area (Å²) in [5, 5.41) is 3.08. The molecule has 1 heterocycles. The van der Waals surface area contributed by atoms with Gasteiger partial charge in [0.05, 0.1) is 18.3 Å². The summed E-state index contributed by atoms with van der Waals surface area (Å²) in [7, 11) is 3.32. The maximum atomic E-state index is 12.6. The van der Waals surface area contributed by atoms with Gasteiger partial charge in [0.2, 0.25) is 0 Å². The molecule has 1 N–H and O–H groups in total. The first-order valence-electron chi connectivity index (χ1n) is 9.01. The second-order valence-corrected chi connectivity index (χ2v) is 6.77. The number of dihydropyridines is 1. The first-order valence-corrected chi connectivity index (χ1v) is 9.01. The number of carbonyl (C=O) groups excluding carboxylic acids is 2. The van der Waals surface area contributed by atoms with Crippen LogP contribution in [0.25, 0.3) is 0 Å². The van der Waals surface area contributed by atoms with Gasteiger partial charge in [-0.25, -0.2) is 9.59 Å². The number of hydrogen-bond donors (Lipinski definition) is 1. The molecular formula is C21H28N2O4. The van der Waals surface area contributed by atoms with Gasteiger partial charge in [0.15, 0.2) is 0 Å².